The number of fused-ring (bicyclic) bond motifs is 2. The molecule has 0 aromatic heterocycles. The van der Waals surface area contributed by atoms with Crippen molar-refractivity contribution >= 4 is 23.1 Å². The molecular weight excluding hydrogens is 410 g/mol. The predicted molar refractivity (Wildman–Crippen MR) is 131 cm³/mol. The zero-order valence-electron chi connectivity index (χ0n) is 20.4. The summed E-state index contributed by atoms with van der Waals surface area (Å²) in [5, 5.41) is 10.1. The Morgan fingerprint density at radius 3 is 2.42 bits per heavy atom. The molecule has 0 radical (unpaired) electrons. The highest BCUT2D eigenvalue weighted by atomic mass is 16.5. The van der Waals surface area contributed by atoms with Crippen molar-refractivity contribution in [2.45, 2.75) is 38.5 Å². The Kier molecular flexibility index (Phi) is 5.29. The zero-order chi connectivity index (χ0) is 24.1. The average Bonchev–Trinajstić information content (AvgIpc) is 3.12. The molecule has 2 aromatic rings. The van der Waals surface area contributed by atoms with Crippen LogP contribution in [-0.4, -0.2) is 37.5 Å². The smallest absolute Gasteiger partial charge is 0.337 e. The maximum absolute atomic E-state index is 12.0. The van der Waals surface area contributed by atoms with E-state index in [9.17, 15) is 10.1 Å². The highest BCUT2D eigenvalue weighted by molar-refractivity contribution is 6.09. The molecule has 33 heavy (non-hydrogen) atoms. The van der Waals surface area contributed by atoms with Gasteiger partial charge in [-0.25, -0.2) is 4.79 Å². The first-order valence-electron chi connectivity index (χ1n) is 11.1. The van der Waals surface area contributed by atoms with E-state index >= 15 is 0 Å². The monoisotopic (exact) mass is 440 g/mol. The normalized spacial score (nSPS) is 19.4. The second-order valence-electron chi connectivity index (χ2n) is 9.70. The van der Waals surface area contributed by atoms with Gasteiger partial charge < -0.3 is 9.64 Å². The molecule has 5 heteroatoms. The number of para-hydroxylation sites is 1. The van der Waals surface area contributed by atoms with E-state index in [-0.39, 0.29) is 16.8 Å². The maximum Gasteiger partial charge on any atom is 0.337 e. The number of carbonyl (C=O) groups excluding carboxylic acids is 1. The number of nitriles is 1. The summed E-state index contributed by atoms with van der Waals surface area (Å²) in [7, 11) is 5.41. The van der Waals surface area contributed by atoms with Crippen LogP contribution in [0.2, 0.25) is 0 Å². The van der Waals surface area contributed by atoms with E-state index in [1.807, 2.05) is 56.6 Å². The highest BCUT2D eigenvalue weighted by Gasteiger charge is 2.46. The second-order valence-corrected chi connectivity index (χ2v) is 9.70. The third kappa shape index (κ3) is 3.29. The fourth-order valence-corrected chi connectivity index (χ4v) is 5.40. The van der Waals surface area contributed by atoms with Gasteiger partial charge in [-0.05, 0) is 43.7 Å². The number of hydrogen-bond acceptors (Lipinski definition) is 4. The summed E-state index contributed by atoms with van der Waals surface area (Å²) in [6.07, 6.45) is 3.97. The second kappa shape index (κ2) is 7.74. The summed E-state index contributed by atoms with van der Waals surface area (Å²) in [5.41, 5.74) is 7.12. The van der Waals surface area contributed by atoms with Gasteiger partial charge in [0.1, 0.15) is 18.7 Å². The van der Waals surface area contributed by atoms with E-state index in [1.54, 1.807) is 0 Å². The fraction of sp³-hybridized carbons (Fsp3) is 0.321. The van der Waals surface area contributed by atoms with Crippen molar-refractivity contribution in [3.05, 3.63) is 82.6 Å². The molecule has 0 N–H and O–H groups in total. The summed E-state index contributed by atoms with van der Waals surface area (Å²) < 4.78 is 7.02. The Morgan fingerprint density at radius 1 is 1.09 bits per heavy atom. The third-order valence-electron chi connectivity index (χ3n) is 7.10. The van der Waals surface area contributed by atoms with Crippen LogP contribution in [0.4, 0.5) is 11.4 Å². The van der Waals surface area contributed by atoms with Crippen LogP contribution in [0.3, 0.4) is 0 Å². The van der Waals surface area contributed by atoms with Gasteiger partial charge in [0.05, 0.1) is 18.1 Å². The lowest BCUT2D eigenvalue weighted by Crippen LogP contribution is -2.30. The summed E-state index contributed by atoms with van der Waals surface area (Å²) in [6, 6.07) is 16.4. The number of carbonyl (C=O) groups is 1. The number of nitrogens with zero attached hydrogens (tertiary/aromatic N) is 3. The van der Waals surface area contributed by atoms with Gasteiger partial charge in [0.15, 0.2) is 0 Å². The molecule has 0 unspecified atom stereocenters. The topological polar surface area (TPSA) is 56.3 Å². The summed E-state index contributed by atoms with van der Waals surface area (Å²) in [5.74, 6) is -0.351. The molecule has 4 rings (SSSR count). The molecule has 2 aliphatic rings. The SMILES string of the molecule is COC(=O)c1ccc2c(c1)N(C)/C(=C\C=C(/C#N)C1=[N+](C)c3ccccc3C1(C)C)C2(C)C. The summed E-state index contributed by atoms with van der Waals surface area (Å²) >= 11 is 0. The first-order valence-corrected chi connectivity index (χ1v) is 11.1. The molecule has 0 aliphatic carbocycles. The quantitative estimate of drug-likeness (QED) is 0.372. The zero-order valence-corrected chi connectivity index (χ0v) is 20.4. The molecule has 0 bridgehead atoms. The fourth-order valence-electron chi connectivity index (χ4n) is 5.40. The van der Waals surface area contributed by atoms with Crippen molar-refractivity contribution in [1.82, 2.24) is 0 Å². The Labute approximate surface area is 195 Å². The van der Waals surface area contributed by atoms with Crippen LogP contribution < -0.4 is 4.90 Å². The van der Waals surface area contributed by atoms with E-state index in [2.05, 4.69) is 55.4 Å². The number of hydrogen-bond donors (Lipinski definition) is 0. The van der Waals surface area contributed by atoms with Crippen molar-refractivity contribution in [2.24, 2.45) is 0 Å². The van der Waals surface area contributed by atoms with Gasteiger partial charge in [-0.3, -0.25) is 0 Å². The van der Waals surface area contributed by atoms with Gasteiger partial charge >= 0.3 is 5.97 Å². The molecule has 2 aromatic carbocycles. The number of ether oxygens (including phenoxy) is 1. The predicted octanol–water partition coefficient (Wildman–Crippen LogP) is 5.24. The van der Waals surface area contributed by atoms with E-state index in [1.165, 1.54) is 12.7 Å². The van der Waals surface area contributed by atoms with Crippen LogP contribution >= 0.6 is 0 Å². The van der Waals surface area contributed by atoms with Crippen molar-refractivity contribution in [1.29, 1.82) is 5.26 Å². The lowest BCUT2D eigenvalue weighted by molar-refractivity contribution is -0.401. The van der Waals surface area contributed by atoms with Gasteiger partial charge in [-0.2, -0.15) is 9.84 Å². The molecule has 2 heterocycles. The molecule has 0 amide bonds. The van der Waals surface area contributed by atoms with Crippen molar-refractivity contribution in [3.8, 4) is 6.07 Å². The van der Waals surface area contributed by atoms with Crippen LogP contribution in [0.15, 0.2) is 65.9 Å². The molecule has 0 saturated heterocycles. The minimum Gasteiger partial charge on any atom is -0.465 e. The molecule has 0 saturated carbocycles. The van der Waals surface area contributed by atoms with Gasteiger partial charge in [0.2, 0.25) is 11.4 Å². The number of methoxy groups -OCH3 is 1. The summed E-state index contributed by atoms with van der Waals surface area (Å²) in [4.78, 5) is 14.1. The Bertz CT molecular complexity index is 1300. The van der Waals surface area contributed by atoms with E-state index in [0.717, 1.165) is 28.3 Å². The van der Waals surface area contributed by atoms with Gasteiger partial charge in [-0.1, -0.05) is 38.1 Å². The van der Waals surface area contributed by atoms with Crippen molar-refractivity contribution in [2.75, 3.05) is 26.1 Å². The molecule has 2 aliphatic heterocycles. The lowest BCUT2D eigenvalue weighted by atomic mass is 9.78. The highest BCUT2D eigenvalue weighted by Crippen LogP contribution is 2.47. The van der Waals surface area contributed by atoms with Crippen LogP contribution in [0.1, 0.15) is 49.2 Å². The molecule has 168 valence electrons. The van der Waals surface area contributed by atoms with Gasteiger partial charge in [0.25, 0.3) is 0 Å². The Morgan fingerprint density at radius 2 is 1.79 bits per heavy atom. The van der Waals surface area contributed by atoms with Crippen LogP contribution in [-0.2, 0) is 15.6 Å². The number of allylic oxidation sites excluding steroid dienone is 4. The number of esters is 1. The number of anilines is 1. The minimum atomic E-state index is -0.351. The molecule has 0 atom stereocenters. The van der Waals surface area contributed by atoms with Crippen LogP contribution in [0.25, 0.3) is 0 Å². The molecular formula is C28H30N3O2+. The van der Waals surface area contributed by atoms with E-state index < -0.39 is 0 Å². The Balaban J connectivity index is 1.79. The van der Waals surface area contributed by atoms with Crippen molar-refractivity contribution in [3.63, 3.8) is 0 Å². The van der Waals surface area contributed by atoms with E-state index in [0.29, 0.717) is 11.1 Å². The van der Waals surface area contributed by atoms with Crippen molar-refractivity contribution < 1.29 is 14.1 Å². The number of rotatable bonds is 3. The van der Waals surface area contributed by atoms with Gasteiger partial charge in [0, 0.05) is 35.5 Å². The average molecular weight is 441 g/mol. The van der Waals surface area contributed by atoms with E-state index in [4.69, 9.17) is 4.74 Å². The number of benzene rings is 2. The molecule has 0 spiro atoms. The minimum absolute atomic E-state index is 0.277. The van der Waals surface area contributed by atoms with Crippen LogP contribution in [0, 0.1) is 11.3 Å². The van der Waals surface area contributed by atoms with Crippen LogP contribution in [0.5, 0.6) is 0 Å². The Hall–Kier alpha value is -3.65. The standard InChI is InChI=1S/C28H30N3O2/c1-27(2)21-14-12-18(26(32)33-7)16-23(21)30(5)24(27)15-13-19(17-29)25-28(3,4)20-10-8-9-11-22(20)31(25)6/h8-16H,1-7H3/q+1. The number of likely N-dealkylation sites (N-methyl/N-ethyl adjacent to an activating group) is 1. The largest absolute Gasteiger partial charge is 0.465 e. The molecule has 5 nitrogen and oxygen atoms in total. The summed E-state index contributed by atoms with van der Waals surface area (Å²) in [6.45, 7) is 8.65. The lowest BCUT2D eigenvalue weighted by Gasteiger charge is -2.24. The van der Waals surface area contributed by atoms with Gasteiger partial charge in [-0.15, -0.1) is 0 Å². The molecule has 0 fully saturated rings. The first kappa shape index (κ1) is 22.5. The first-order chi connectivity index (χ1) is 15.6. The third-order valence-corrected chi connectivity index (χ3v) is 7.10. The maximum atomic E-state index is 12.0.